The SMILES string of the molecule is CC12OCCCC1Oc1ccc(-c3cncnc3)cc1C21COC(N)=N1. The van der Waals surface area contributed by atoms with Crippen molar-refractivity contribution in [3.05, 3.63) is 42.5 Å². The molecule has 1 aromatic heterocycles. The Hall–Kier alpha value is -2.67. The average Bonchev–Trinajstić information content (AvgIpc) is 3.07. The second-order valence-electron chi connectivity index (χ2n) is 7.14. The third-order valence-corrected chi connectivity index (χ3v) is 5.77. The zero-order valence-corrected chi connectivity index (χ0v) is 14.5. The van der Waals surface area contributed by atoms with E-state index in [1.54, 1.807) is 12.4 Å². The van der Waals surface area contributed by atoms with Crippen LogP contribution in [-0.2, 0) is 15.0 Å². The molecule has 7 nitrogen and oxygen atoms in total. The topological polar surface area (TPSA) is 91.8 Å². The van der Waals surface area contributed by atoms with E-state index in [9.17, 15) is 0 Å². The van der Waals surface area contributed by atoms with Crippen LogP contribution in [0.1, 0.15) is 25.3 Å². The van der Waals surface area contributed by atoms with Crippen LogP contribution >= 0.6 is 0 Å². The number of nitrogens with two attached hydrogens (primary N) is 1. The minimum absolute atomic E-state index is 0.0899. The van der Waals surface area contributed by atoms with E-state index in [1.165, 1.54) is 6.33 Å². The molecule has 26 heavy (non-hydrogen) atoms. The van der Waals surface area contributed by atoms with Gasteiger partial charge in [-0.3, -0.25) is 0 Å². The molecule has 2 N–H and O–H groups in total. The van der Waals surface area contributed by atoms with Gasteiger partial charge in [0.05, 0.1) is 0 Å². The Morgan fingerprint density at radius 1 is 1.19 bits per heavy atom. The number of fused-ring (bicyclic) bond motifs is 4. The van der Waals surface area contributed by atoms with Crippen LogP contribution in [0.4, 0.5) is 0 Å². The monoisotopic (exact) mass is 352 g/mol. The standard InChI is InChI=1S/C19H20N4O3/c1-18-16(3-2-6-25-18)26-15-5-4-12(13-8-21-11-22-9-13)7-14(15)19(18)10-24-17(20)23-19/h4-5,7-9,11,16H,2-3,6,10H2,1H3,(H2,20,23). The molecular formula is C19H20N4O3. The third-order valence-electron chi connectivity index (χ3n) is 5.77. The van der Waals surface area contributed by atoms with Gasteiger partial charge < -0.3 is 19.9 Å². The predicted molar refractivity (Wildman–Crippen MR) is 94.7 cm³/mol. The molecule has 134 valence electrons. The summed E-state index contributed by atoms with van der Waals surface area (Å²) in [7, 11) is 0. The molecule has 1 saturated heterocycles. The molecular weight excluding hydrogens is 332 g/mol. The average molecular weight is 352 g/mol. The number of aliphatic imine (C=N–C) groups is 1. The minimum atomic E-state index is -0.721. The molecule has 3 aliphatic heterocycles. The summed E-state index contributed by atoms with van der Waals surface area (Å²) in [6.45, 7) is 3.08. The van der Waals surface area contributed by atoms with Crippen molar-refractivity contribution in [1.29, 1.82) is 0 Å². The normalized spacial score (nSPS) is 32.2. The van der Waals surface area contributed by atoms with Crippen molar-refractivity contribution < 1.29 is 14.2 Å². The molecule has 5 rings (SSSR count). The summed E-state index contributed by atoms with van der Waals surface area (Å²) in [5.41, 5.74) is 7.44. The predicted octanol–water partition coefficient (Wildman–Crippen LogP) is 2.01. The summed E-state index contributed by atoms with van der Waals surface area (Å²) in [4.78, 5) is 13.0. The van der Waals surface area contributed by atoms with E-state index >= 15 is 0 Å². The molecule has 0 amide bonds. The molecule has 3 atom stereocenters. The molecule has 0 bridgehead atoms. The highest BCUT2D eigenvalue weighted by atomic mass is 16.6. The third kappa shape index (κ3) is 2.00. The van der Waals surface area contributed by atoms with Gasteiger partial charge >= 0.3 is 0 Å². The number of amidine groups is 1. The van der Waals surface area contributed by atoms with E-state index in [0.717, 1.165) is 35.3 Å². The van der Waals surface area contributed by atoms with Crippen LogP contribution in [0.15, 0.2) is 41.9 Å². The highest BCUT2D eigenvalue weighted by Crippen LogP contribution is 2.54. The summed E-state index contributed by atoms with van der Waals surface area (Å²) in [6.07, 6.45) is 6.88. The van der Waals surface area contributed by atoms with Crippen LogP contribution in [0.5, 0.6) is 5.75 Å². The lowest BCUT2D eigenvalue weighted by Gasteiger charge is -2.53. The van der Waals surface area contributed by atoms with Crippen molar-refractivity contribution in [2.45, 2.75) is 37.0 Å². The molecule has 3 unspecified atom stereocenters. The Bertz CT molecular complexity index is 888. The van der Waals surface area contributed by atoms with Crippen molar-refractivity contribution in [3.8, 4) is 16.9 Å². The molecule has 1 spiro atoms. The second-order valence-corrected chi connectivity index (χ2v) is 7.14. The van der Waals surface area contributed by atoms with Crippen molar-refractivity contribution in [2.75, 3.05) is 13.2 Å². The van der Waals surface area contributed by atoms with Crippen molar-refractivity contribution in [1.82, 2.24) is 9.97 Å². The summed E-state index contributed by atoms with van der Waals surface area (Å²) in [5, 5.41) is 0. The Morgan fingerprint density at radius 3 is 2.81 bits per heavy atom. The smallest absolute Gasteiger partial charge is 0.283 e. The van der Waals surface area contributed by atoms with E-state index in [1.807, 2.05) is 12.1 Å². The number of aromatic nitrogens is 2. The first-order chi connectivity index (χ1) is 12.6. The van der Waals surface area contributed by atoms with Gasteiger partial charge in [-0.1, -0.05) is 6.07 Å². The van der Waals surface area contributed by atoms with Gasteiger partial charge in [0.25, 0.3) is 6.02 Å². The number of benzene rings is 1. The van der Waals surface area contributed by atoms with E-state index in [2.05, 4.69) is 23.0 Å². The molecule has 7 heteroatoms. The first-order valence-corrected chi connectivity index (χ1v) is 8.81. The van der Waals surface area contributed by atoms with Crippen LogP contribution < -0.4 is 10.5 Å². The van der Waals surface area contributed by atoms with Crippen molar-refractivity contribution >= 4 is 6.02 Å². The highest BCUT2D eigenvalue weighted by molar-refractivity contribution is 5.76. The van der Waals surface area contributed by atoms with E-state index in [4.69, 9.17) is 24.9 Å². The summed E-state index contributed by atoms with van der Waals surface area (Å²) in [5.74, 6) is 0.806. The largest absolute Gasteiger partial charge is 0.487 e. The maximum Gasteiger partial charge on any atom is 0.283 e. The lowest BCUT2D eigenvalue weighted by atomic mass is 9.69. The fraction of sp³-hybridized carbons (Fsp3) is 0.421. The summed E-state index contributed by atoms with van der Waals surface area (Å²) < 4.78 is 18.2. The molecule has 3 aliphatic rings. The summed E-state index contributed by atoms with van der Waals surface area (Å²) >= 11 is 0. The van der Waals surface area contributed by atoms with Crippen LogP contribution in [0, 0.1) is 0 Å². The van der Waals surface area contributed by atoms with E-state index < -0.39 is 11.1 Å². The van der Waals surface area contributed by atoms with E-state index in [0.29, 0.717) is 13.2 Å². The number of ether oxygens (including phenoxy) is 3. The Balaban J connectivity index is 1.72. The Kier molecular flexibility index (Phi) is 3.24. The molecule has 1 aromatic carbocycles. The summed E-state index contributed by atoms with van der Waals surface area (Å²) in [6, 6.07) is 6.26. The van der Waals surface area contributed by atoms with Gasteiger partial charge in [0.1, 0.15) is 30.4 Å². The van der Waals surface area contributed by atoms with E-state index in [-0.39, 0.29) is 12.1 Å². The number of hydrogen-bond acceptors (Lipinski definition) is 7. The molecule has 0 saturated carbocycles. The lowest BCUT2D eigenvalue weighted by molar-refractivity contribution is -0.188. The van der Waals surface area contributed by atoms with Crippen LogP contribution in [0.3, 0.4) is 0 Å². The maximum atomic E-state index is 6.33. The molecule has 4 heterocycles. The second kappa shape index (κ2) is 5.41. The number of hydrogen-bond donors (Lipinski definition) is 1. The molecule has 0 aliphatic carbocycles. The molecule has 1 fully saturated rings. The van der Waals surface area contributed by atoms with Gasteiger partial charge in [-0.05, 0) is 37.5 Å². The van der Waals surface area contributed by atoms with Gasteiger partial charge in [-0.2, -0.15) is 0 Å². The molecule has 2 aromatic rings. The van der Waals surface area contributed by atoms with Crippen molar-refractivity contribution in [3.63, 3.8) is 0 Å². The van der Waals surface area contributed by atoms with Crippen LogP contribution in [0.25, 0.3) is 11.1 Å². The Morgan fingerprint density at radius 2 is 2.04 bits per heavy atom. The number of rotatable bonds is 1. The van der Waals surface area contributed by atoms with Gasteiger partial charge in [0.15, 0.2) is 5.54 Å². The first kappa shape index (κ1) is 15.6. The quantitative estimate of drug-likeness (QED) is 0.844. The zero-order chi connectivity index (χ0) is 17.8. The lowest BCUT2D eigenvalue weighted by Crippen LogP contribution is -2.64. The highest BCUT2D eigenvalue weighted by Gasteiger charge is 2.63. The fourth-order valence-electron chi connectivity index (χ4n) is 4.31. The maximum absolute atomic E-state index is 6.33. The first-order valence-electron chi connectivity index (χ1n) is 8.81. The Labute approximate surface area is 151 Å². The van der Waals surface area contributed by atoms with Gasteiger partial charge in [-0.15, -0.1) is 0 Å². The number of nitrogens with zero attached hydrogens (tertiary/aromatic N) is 3. The minimum Gasteiger partial charge on any atom is -0.487 e. The van der Waals surface area contributed by atoms with Crippen LogP contribution in [-0.4, -0.2) is 40.9 Å². The van der Waals surface area contributed by atoms with Gasteiger partial charge in [0.2, 0.25) is 0 Å². The van der Waals surface area contributed by atoms with Gasteiger partial charge in [0, 0.05) is 30.1 Å². The molecule has 0 radical (unpaired) electrons. The van der Waals surface area contributed by atoms with Gasteiger partial charge in [-0.25, -0.2) is 15.0 Å². The zero-order valence-electron chi connectivity index (χ0n) is 14.5. The fourth-order valence-corrected chi connectivity index (χ4v) is 4.31. The van der Waals surface area contributed by atoms with Crippen LogP contribution in [0.2, 0.25) is 0 Å². The van der Waals surface area contributed by atoms with Crippen molar-refractivity contribution in [2.24, 2.45) is 10.7 Å².